The highest BCUT2D eigenvalue weighted by Crippen LogP contribution is 2.35. The highest BCUT2D eigenvalue weighted by atomic mass is 35.5. The number of rotatable bonds is 5. The van der Waals surface area contributed by atoms with Crippen LogP contribution >= 0.6 is 22.9 Å². The summed E-state index contributed by atoms with van der Waals surface area (Å²) in [5.41, 5.74) is 1.68. The minimum absolute atomic E-state index is 0.167. The van der Waals surface area contributed by atoms with E-state index < -0.39 is 0 Å². The number of para-hydroxylation sites is 1. The van der Waals surface area contributed by atoms with Gasteiger partial charge >= 0.3 is 0 Å². The van der Waals surface area contributed by atoms with Crippen LogP contribution in [0.1, 0.15) is 15.2 Å². The summed E-state index contributed by atoms with van der Waals surface area (Å²) in [6, 6.07) is 15.1. The summed E-state index contributed by atoms with van der Waals surface area (Å²) in [7, 11) is 3.19. The zero-order valence-corrected chi connectivity index (χ0v) is 16.9. The van der Waals surface area contributed by atoms with Crippen molar-refractivity contribution in [3.05, 3.63) is 64.1 Å². The lowest BCUT2D eigenvalue weighted by Gasteiger charge is -2.11. The molecule has 2 aromatic carbocycles. The van der Waals surface area contributed by atoms with E-state index in [1.807, 2.05) is 36.4 Å². The molecule has 2 heterocycles. The third-order valence-electron chi connectivity index (χ3n) is 4.48. The van der Waals surface area contributed by atoms with Gasteiger partial charge in [0.2, 0.25) is 0 Å². The second-order valence-corrected chi connectivity index (χ2v) is 7.54. The third-order valence-corrected chi connectivity index (χ3v) is 5.93. The molecular formula is C21H17ClN2O3S. The van der Waals surface area contributed by atoms with Gasteiger partial charge in [-0.25, -0.2) is 4.98 Å². The molecule has 0 spiro atoms. The topological polar surface area (TPSA) is 60.5 Å². The monoisotopic (exact) mass is 412 g/mol. The van der Waals surface area contributed by atoms with Gasteiger partial charge in [0, 0.05) is 33.6 Å². The molecule has 4 rings (SSSR count). The van der Waals surface area contributed by atoms with Gasteiger partial charge in [0.15, 0.2) is 0 Å². The van der Waals surface area contributed by atoms with Gasteiger partial charge in [-0.1, -0.05) is 29.8 Å². The van der Waals surface area contributed by atoms with Gasteiger partial charge in [-0.2, -0.15) is 0 Å². The fourth-order valence-corrected chi connectivity index (χ4v) is 4.45. The standard InChI is InChI=1S/C21H17ClN2O3S/c1-26-13-8-7-12(17(9-13)27-2)11-23-21(25)18-10-15-19(28-18)14-5-3-4-6-16(14)24-20(15)22/h3-10H,11H2,1-2H3,(H,23,25). The number of benzene rings is 2. The Morgan fingerprint density at radius 1 is 1.11 bits per heavy atom. The Morgan fingerprint density at radius 3 is 2.71 bits per heavy atom. The number of halogens is 1. The maximum atomic E-state index is 12.7. The quantitative estimate of drug-likeness (QED) is 0.466. The molecule has 0 fully saturated rings. The van der Waals surface area contributed by atoms with E-state index in [9.17, 15) is 4.79 Å². The SMILES string of the molecule is COc1ccc(CNC(=O)c2cc3c(Cl)nc4ccccc4c3s2)c(OC)c1. The number of aromatic nitrogens is 1. The maximum absolute atomic E-state index is 12.7. The smallest absolute Gasteiger partial charge is 0.261 e. The van der Waals surface area contributed by atoms with E-state index in [0.29, 0.717) is 28.1 Å². The van der Waals surface area contributed by atoms with Crippen molar-refractivity contribution in [1.29, 1.82) is 0 Å². The Morgan fingerprint density at radius 2 is 1.93 bits per heavy atom. The molecule has 1 amide bonds. The molecule has 142 valence electrons. The van der Waals surface area contributed by atoms with Crippen LogP contribution in [-0.2, 0) is 6.54 Å². The van der Waals surface area contributed by atoms with Crippen LogP contribution in [0.3, 0.4) is 0 Å². The molecule has 0 saturated heterocycles. The first-order valence-corrected chi connectivity index (χ1v) is 9.77. The summed E-state index contributed by atoms with van der Waals surface area (Å²) in [6.07, 6.45) is 0. The van der Waals surface area contributed by atoms with Crippen molar-refractivity contribution >= 4 is 49.8 Å². The van der Waals surface area contributed by atoms with Crippen LogP contribution in [0.5, 0.6) is 11.5 Å². The molecule has 28 heavy (non-hydrogen) atoms. The first-order chi connectivity index (χ1) is 13.6. The number of carbonyl (C=O) groups is 1. The first kappa shape index (κ1) is 18.5. The molecule has 0 bridgehead atoms. The minimum atomic E-state index is -0.167. The van der Waals surface area contributed by atoms with Crippen molar-refractivity contribution in [3.8, 4) is 11.5 Å². The number of fused-ring (bicyclic) bond motifs is 3. The molecule has 0 atom stereocenters. The number of amides is 1. The van der Waals surface area contributed by atoms with E-state index >= 15 is 0 Å². The van der Waals surface area contributed by atoms with Crippen LogP contribution in [-0.4, -0.2) is 25.1 Å². The summed E-state index contributed by atoms with van der Waals surface area (Å²) in [6.45, 7) is 0.340. The van der Waals surface area contributed by atoms with Gasteiger partial charge in [0.25, 0.3) is 5.91 Å². The number of hydrogen-bond donors (Lipinski definition) is 1. The number of pyridine rings is 1. The lowest BCUT2D eigenvalue weighted by atomic mass is 10.2. The molecule has 0 aliphatic rings. The van der Waals surface area contributed by atoms with Crippen molar-refractivity contribution in [2.45, 2.75) is 6.54 Å². The van der Waals surface area contributed by atoms with Gasteiger partial charge in [-0.3, -0.25) is 4.79 Å². The fraction of sp³-hybridized carbons (Fsp3) is 0.143. The number of hydrogen-bond acceptors (Lipinski definition) is 5. The third kappa shape index (κ3) is 3.37. The number of nitrogens with one attached hydrogen (secondary N) is 1. The van der Waals surface area contributed by atoms with E-state index in [4.69, 9.17) is 21.1 Å². The molecule has 0 aliphatic heterocycles. The molecule has 4 aromatic rings. The van der Waals surface area contributed by atoms with Crippen molar-refractivity contribution in [2.24, 2.45) is 0 Å². The normalized spacial score (nSPS) is 11.0. The molecule has 0 saturated carbocycles. The van der Waals surface area contributed by atoms with Crippen LogP contribution in [0.4, 0.5) is 0 Å². The molecule has 0 radical (unpaired) electrons. The van der Waals surface area contributed by atoms with Gasteiger partial charge in [-0.05, 0) is 24.3 Å². The second-order valence-electron chi connectivity index (χ2n) is 6.13. The number of methoxy groups -OCH3 is 2. The Kier molecular flexibility index (Phi) is 5.07. The number of nitrogens with zero attached hydrogens (tertiary/aromatic N) is 1. The zero-order chi connectivity index (χ0) is 19.7. The predicted octanol–water partition coefficient (Wildman–Crippen LogP) is 5.05. The van der Waals surface area contributed by atoms with Crippen molar-refractivity contribution in [1.82, 2.24) is 10.3 Å². The molecule has 5 nitrogen and oxygen atoms in total. The summed E-state index contributed by atoms with van der Waals surface area (Å²) < 4.78 is 11.5. The predicted molar refractivity (Wildman–Crippen MR) is 113 cm³/mol. The summed E-state index contributed by atoms with van der Waals surface area (Å²) in [5.74, 6) is 1.19. The Hall–Kier alpha value is -2.83. The average molecular weight is 413 g/mol. The van der Waals surface area contributed by atoms with E-state index in [1.54, 1.807) is 26.4 Å². The Labute approximate surface area is 170 Å². The van der Waals surface area contributed by atoms with Gasteiger partial charge in [-0.15, -0.1) is 11.3 Å². The molecule has 2 aromatic heterocycles. The molecule has 0 aliphatic carbocycles. The van der Waals surface area contributed by atoms with Crippen LogP contribution in [0.15, 0.2) is 48.5 Å². The summed E-state index contributed by atoms with van der Waals surface area (Å²) >= 11 is 7.74. The Balaban J connectivity index is 1.61. The molecule has 7 heteroatoms. The van der Waals surface area contributed by atoms with Crippen LogP contribution < -0.4 is 14.8 Å². The largest absolute Gasteiger partial charge is 0.497 e. The fourth-order valence-electron chi connectivity index (χ4n) is 3.05. The van der Waals surface area contributed by atoms with E-state index in [0.717, 1.165) is 26.6 Å². The molecular weight excluding hydrogens is 396 g/mol. The van der Waals surface area contributed by atoms with Gasteiger partial charge < -0.3 is 14.8 Å². The van der Waals surface area contributed by atoms with E-state index in [2.05, 4.69) is 10.3 Å². The van der Waals surface area contributed by atoms with Crippen LogP contribution in [0, 0.1) is 0 Å². The minimum Gasteiger partial charge on any atom is -0.497 e. The highest BCUT2D eigenvalue weighted by molar-refractivity contribution is 7.21. The van der Waals surface area contributed by atoms with Crippen molar-refractivity contribution in [2.75, 3.05) is 14.2 Å². The Bertz CT molecular complexity index is 1190. The molecule has 0 unspecified atom stereocenters. The second kappa shape index (κ2) is 7.66. The van der Waals surface area contributed by atoms with Crippen molar-refractivity contribution in [3.63, 3.8) is 0 Å². The lowest BCUT2D eigenvalue weighted by Crippen LogP contribution is -2.22. The van der Waals surface area contributed by atoms with Crippen LogP contribution in [0.25, 0.3) is 21.0 Å². The number of carbonyl (C=O) groups excluding carboxylic acids is 1. The number of thiophene rings is 1. The van der Waals surface area contributed by atoms with Crippen molar-refractivity contribution < 1.29 is 14.3 Å². The van der Waals surface area contributed by atoms with E-state index in [1.165, 1.54) is 11.3 Å². The number of ether oxygens (including phenoxy) is 2. The summed E-state index contributed by atoms with van der Waals surface area (Å²) in [4.78, 5) is 17.7. The lowest BCUT2D eigenvalue weighted by molar-refractivity contribution is 0.0955. The zero-order valence-electron chi connectivity index (χ0n) is 15.3. The van der Waals surface area contributed by atoms with Gasteiger partial charge in [0.1, 0.15) is 16.7 Å². The van der Waals surface area contributed by atoms with Gasteiger partial charge in [0.05, 0.1) is 24.6 Å². The highest BCUT2D eigenvalue weighted by Gasteiger charge is 2.16. The first-order valence-electron chi connectivity index (χ1n) is 8.57. The average Bonchev–Trinajstić information content (AvgIpc) is 3.18. The van der Waals surface area contributed by atoms with Crippen LogP contribution in [0.2, 0.25) is 5.15 Å². The van der Waals surface area contributed by atoms with E-state index in [-0.39, 0.29) is 5.91 Å². The maximum Gasteiger partial charge on any atom is 0.261 e. The molecule has 1 N–H and O–H groups in total. The summed E-state index contributed by atoms with van der Waals surface area (Å²) in [5, 5.41) is 5.12.